The Balaban J connectivity index is 0.00000200. The minimum atomic E-state index is -4.67. The smallest absolute Gasteiger partial charge is 0.496 e. The van der Waals surface area contributed by atoms with Crippen LogP contribution < -0.4 is 14.8 Å². The second-order valence-electron chi connectivity index (χ2n) is 4.48. The van der Waals surface area contributed by atoms with Crippen molar-refractivity contribution in [3.8, 4) is 11.5 Å². The van der Waals surface area contributed by atoms with Crippen LogP contribution in [0.1, 0.15) is 24.3 Å². The Bertz CT molecular complexity index is 434. The van der Waals surface area contributed by atoms with Gasteiger partial charge in [0.15, 0.2) is 0 Å². The van der Waals surface area contributed by atoms with Gasteiger partial charge in [-0.05, 0) is 50.0 Å². The van der Waals surface area contributed by atoms with Gasteiger partial charge in [-0.3, -0.25) is 0 Å². The second kappa shape index (κ2) is 7.04. The van der Waals surface area contributed by atoms with Crippen molar-refractivity contribution in [3.63, 3.8) is 0 Å². The summed E-state index contributed by atoms with van der Waals surface area (Å²) in [6, 6.07) is 4.23. The van der Waals surface area contributed by atoms with Gasteiger partial charge in [-0.2, -0.15) is 0 Å². The fourth-order valence-electron chi connectivity index (χ4n) is 2.36. The third-order valence-corrected chi connectivity index (χ3v) is 3.21. The molecule has 0 aromatic heterocycles. The van der Waals surface area contributed by atoms with E-state index in [1.807, 2.05) is 0 Å². The van der Waals surface area contributed by atoms with Crippen LogP contribution in [0.4, 0.5) is 13.2 Å². The summed E-state index contributed by atoms with van der Waals surface area (Å²) in [4.78, 5) is 0. The molecule has 0 unspecified atom stereocenters. The summed E-state index contributed by atoms with van der Waals surface area (Å²) >= 11 is 0. The first-order valence-corrected chi connectivity index (χ1v) is 6.14. The molecule has 7 heteroatoms. The maximum absolute atomic E-state index is 12.2. The van der Waals surface area contributed by atoms with Crippen LogP contribution in [-0.4, -0.2) is 26.6 Å². The number of hydrogen-bond donors (Lipinski definition) is 1. The summed E-state index contributed by atoms with van der Waals surface area (Å²) in [6.45, 7) is 1.72. The van der Waals surface area contributed by atoms with Crippen LogP contribution in [0.25, 0.3) is 0 Å². The predicted molar refractivity (Wildman–Crippen MR) is 71.8 cm³/mol. The van der Waals surface area contributed by atoms with Gasteiger partial charge in [0.25, 0.3) is 0 Å². The Labute approximate surface area is 121 Å². The van der Waals surface area contributed by atoms with E-state index in [1.165, 1.54) is 25.3 Å². The molecule has 1 fully saturated rings. The van der Waals surface area contributed by atoms with E-state index in [0.717, 1.165) is 31.5 Å². The number of rotatable bonds is 3. The zero-order valence-corrected chi connectivity index (χ0v) is 11.8. The van der Waals surface area contributed by atoms with Crippen molar-refractivity contribution in [2.75, 3.05) is 20.2 Å². The minimum Gasteiger partial charge on any atom is -0.496 e. The van der Waals surface area contributed by atoms with E-state index in [-0.39, 0.29) is 24.1 Å². The minimum absolute atomic E-state index is 0. The van der Waals surface area contributed by atoms with Crippen molar-refractivity contribution in [2.45, 2.75) is 25.1 Å². The maximum atomic E-state index is 12.2. The predicted octanol–water partition coefficient (Wildman–Crippen LogP) is 3.48. The summed E-state index contributed by atoms with van der Waals surface area (Å²) in [7, 11) is 1.52. The molecule has 1 N–H and O–H groups in total. The van der Waals surface area contributed by atoms with Crippen LogP contribution >= 0.6 is 12.4 Å². The molecule has 20 heavy (non-hydrogen) atoms. The largest absolute Gasteiger partial charge is 0.573 e. The summed E-state index contributed by atoms with van der Waals surface area (Å²) in [5, 5.41) is 3.22. The number of hydrogen-bond acceptors (Lipinski definition) is 3. The third-order valence-electron chi connectivity index (χ3n) is 3.21. The zero-order chi connectivity index (χ0) is 13.9. The number of methoxy groups -OCH3 is 1. The summed E-state index contributed by atoms with van der Waals surface area (Å²) in [5.41, 5.74) is 0.783. The Morgan fingerprint density at radius 3 is 2.40 bits per heavy atom. The van der Waals surface area contributed by atoms with Gasteiger partial charge < -0.3 is 14.8 Å². The first kappa shape index (κ1) is 16.9. The van der Waals surface area contributed by atoms with Gasteiger partial charge in [-0.1, -0.05) is 0 Å². The lowest BCUT2D eigenvalue weighted by Crippen LogP contribution is -2.27. The van der Waals surface area contributed by atoms with E-state index in [4.69, 9.17) is 4.74 Å². The van der Waals surface area contributed by atoms with E-state index in [1.54, 1.807) is 0 Å². The Hall–Kier alpha value is -1.14. The Kier molecular flexibility index (Phi) is 5.95. The number of nitrogens with one attached hydrogen (secondary N) is 1. The lowest BCUT2D eigenvalue weighted by atomic mass is 9.89. The van der Waals surface area contributed by atoms with Gasteiger partial charge in [-0.15, -0.1) is 25.6 Å². The highest BCUT2D eigenvalue weighted by Gasteiger charge is 2.31. The van der Waals surface area contributed by atoms with Crippen molar-refractivity contribution in [1.29, 1.82) is 0 Å². The Morgan fingerprint density at radius 1 is 1.20 bits per heavy atom. The quantitative estimate of drug-likeness (QED) is 0.927. The highest BCUT2D eigenvalue weighted by molar-refractivity contribution is 5.85. The van der Waals surface area contributed by atoms with Crippen LogP contribution in [0, 0.1) is 0 Å². The molecule has 0 spiro atoms. The van der Waals surface area contributed by atoms with Crippen LogP contribution in [0.5, 0.6) is 11.5 Å². The SMILES string of the molecule is COc1ccc(OC(F)(F)F)cc1C1CCNCC1.Cl. The molecule has 2 rings (SSSR count). The monoisotopic (exact) mass is 311 g/mol. The second-order valence-corrected chi connectivity index (χ2v) is 4.48. The molecular weight excluding hydrogens is 295 g/mol. The molecule has 0 amide bonds. The van der Waals surface area contributed by atoms with E-state index >= 15 is 0 Å². The van der Waals surface area contributed by atoms with Crippen LogP contribution in [-0.2, 0) is 0 Å². The molecule has 0 saturated carbocycles. The molecule has 0 atom stereocenters. The molecule has 3 nitrogen and oxygen atoms in total. The fraction of sp³-hybridized carbons (Fsp3) is 0.538. The third kappa shape index (κ3) is 4.45. The van der Waals surface area contributed by atoms with Gasteiger partial charge >= 0.3 is 6.36 Å². The molecule has 1 heterocycles. The molecule has 1 aliphatic heterocycles. The highest BCUT2D eigenvalue weighted by atomic mass is 35.5. The van der Waals surface area contributed by atoms with Crippen molar-refractivity contribution in [2.24, 2.45) is 0 Å². The first-order chi connectivity index (χ1) is 8.99. The molecule has 0 aliphatic carbocycles. The van der Waals surface area contributed by atoms with Gasteiger partial charge in [-0.25, -0.2) is 0 Å². The number of ether oxygens (including phenoxy) is 2. The number of benzene rings is 1. The lowest BCUT2D eigenvalue weighted by Gasteiger charge is -2.25. The molecule has 1 aromatic carbocycles. The van der Waals surface area contributed by atoms with E-state index in [0.29, 0.717) is 5.75 Å². The van der Waals surface area contributed by atoms with Gasteiger partial charge in [0.2, 0.25) is 0 Å². The van der Waals surface area contributed by atoms with Crippen molar-refractivity contribution in [3.05, 3.63) is 23.8 Å². The molecule has 0 bridgehead atoms. The Morgan fingerprint density at radius 2 is 1.85 bits per heavy atom. The molecule has 114 valence electrons. The van der Waals surface area contributed by atoms with Crippen LogP contribution in [0.2, 0.25) is 0 Å². The molecule has 1 aliphatic rings. The molecule has 1 saturated heterocycles. The number of halogens is 4. The fourth-order valence-corrected chi connectivity index (χ4v) is 2.36. The van der Waals surface area contributed by atoms with Crippen molar-refractivity contribution >= 4 is 12.4 Å². The average Bonchev–Trinajstić information content (AvgIpc) is 2.38. The van der Waals surface area contributed by atoms with Crippen LogP contribution in [0.15, 0.2) is 18.2 Å². The first-order valence-electron chi connectivity index (χ1n) is 6.14. The van der Waals surface area contributed by atoms with Crippen molar-refractivity contribution in [1.82, 2.24) is 5.32 Å². The number of piperidine rings is 1. The summed E-state index contributed by atoms with van der Waals surface area (Å²) in [6.07, 6.45) is -2.91. The average molecular weight is 312 g/mol. The zero-order valence-electron chi connectivity index (χ0n) is 11.0. The molecule has 1 aromatic rings. The van der Waals surface area contributed by atoms with Gasteiger partial charge in [0.1, 0.15) is 11.5 Å². The highest BCUT2D eigenvalue weighted by Crippen LogP contribution is 2.36. The number of alkyl halides is 3. The normalized spacial score (nSPS) is 16.4. The van der Waals surface area contributed by atoms with Gasteiger partial charge in [0, 0.05) is 5.56 Å². The maximum Gasteiger partial charge on any atom is 0.573 e. The summed E-state index contributed by atoms with van der Waals surface area (Å²) in [5.74, 6) is 0.622. The van der Waals surface area contributed by atoms with Gasteiger partial charge in [0.05, 0.1) is 7.11 Å². The molecule has 0 radical (unpaired) electrons. The van der Waals surface area contributed by atoms with Crippen molar-refractivity contribution < 1.29 is 22.6 Å². The summed E-state index contributed by atoms with van der Waals surface area (Å²) < 4.78 is 45.9. The van der Waals surface area contributed by atoms with E-state index < -0.39 is 6.36 Å². The molecular formula is C13H17ClF3NO2. The van der Waals surface area contributed by atoms with E-state index in [2.05, 4.69) is 10.1 Å². The topological polar surface area (TPSA) is 30.5 Å². The standard InChI is InChI=1S/C13H16F3NO2.ClH/c1-18-12-3-2-10(19-13(14,15)16)8-11(12)9-4-6-17-7-5-9;/h2-3,8-9,17H,4-7H2,1H3;1H. The lowest BCUT2D eigenvalue weighted by molar-refractivity contribution is -0.274. The van der Waals surface area contributed by atoms with Crippen LogP contribution in [0.3, 0.4) is 0 Å². The van der Waals surface area contributed by atoms with E-state index in [9.17, 15) is 13.2 Å².